The molecule has 0 bridgehead atoms. The van der Waals surface area contributed by atoms with E-state index in [9.17, 15) is 9.18 Å². The van der Waals surface area contributed by atoms with Gasteiger partial charge < -0.3 is 10.1 Å². The van der Waals surface area contributed by atoms with Crippen molar-refractivity contribution in [1.82, 2.24) is 4.98 Å². The lowest BCUT2D eigenvalue weighted by Gasteiger charge is -2.13. The van der Waals surface area contributed by atoms with Crippen molar-refractivity contribution in [2.75, 3.05) is 19.0 Å². The summed E-state index contributed by atoms with van der Waals surface area (Å²) in [5, 5.41) is 3.15. The molecule has 1 aromatic carbocycles. The maximum absolute atomic E-state index is 14.4. The number of aromatic nitrogens is 1. The molecule has 0 aliphatic carbocycles. The molecule has 0 atom stereocenters. The Kier molecular flexibility index (Phi) is 4.23. The summed E-state index contributed by atoms with van der Waals surface area (Å²) in [7, 11) is 1.63. The second kappa shape index (κ2) is 5.75. The van der Waals surface area contributed by atoms with E-state index < -0.39 is 11.8 Å². The van der Waals surface area contributed by atoms with E-state index >= 15 is 0 Å². The van der Waals surface area contributed by atoms with Gasteiger partial charge in [0.05, 0.1) is 27.7 Å². The smallest absolute Gasteiger partial charge is 0.341 e. The van der Waals surface area contributed by atoms with Crippen LogP contribution in [0, 0.1) is 12.7 Å². The van der Waals surface area contributed by atoms with Gasteiger partial charge in [0.25, 0.3) is 0 Å². The monoisotopic (exact) mass is 340 g/mol. The SMILES string of the molecule is CCOC(=O)c1cnc2c(C)cc(Br)c(F)c2c1NC. The molecule has 1 heterocycles. The van der Waals surface area contributed by atoms with Crippen LogP contribution in [-0.4, -0.2) is 24.6 Å². The topological polar surface area (TPSA) is 51.2 Å². The van der Waals surface area contributed by atoms with Crippen molar-refractivity contribution < 1.29 is 13.9 Å². The number of nitrogens with one attached hydrogen (secondary N) is 1. The average molecular weight is 341 g/mol. The van der Waals surface area contributed by atoms with E-state index in [0.29, 0.717) is 15.7 Å². The van der Waals surface area contributed by atoms with Crippen molar-refractivity contribution >= 4 is 38.5 Å². The highest BCUT2D eigenvalue weighted by molar-refractivity contribution is 9.10. The lowest BCUT2D eigenvalue weighted by atomic mass is 10.1. The Labute approximate surface area is 124 Å². The maximum atomic E-state index is 14.4. The van der Waals surface area contributed by atoms with Crippen LogP contribution in [0.15, 0.2) is 16.7 Å². The van der Waals surface area contributed by atoms with Gasteiger partial charge in [-0.15, -0.1) is 0 Å². The van der Waals surface area contributed by atoms with Gasteiger partial charge in [-0.1, -0.05) is 0 Å². The molecule has 0 aliphatic rings. The zero-order valence-corrected chi connectivity index (χ0v) is 13.0. The number of pyridine rings is 1. The average Bonchev–Trinajstić information content (AvgIpc) is 2.43. The minimum absolute atomic E-state index is 0.221. The largest absolute Gasteiger partial charge is 0.462 e. The second-order valence-corrected chi connectivity index (χ2v) is 5.08. The first kappa shape index (κ1) is 14.7. The molecule has 0 saturated heterocycles. The Balaban J connectivity index is 2.82. The number of carbonyl (C=O) groups is 1. The van der Waals surface area contributed by atoms with Gasteiger partial charge in [0, 0.05) is 13.2 Å². The molecule has 20 heavy (non-hydrogen) atoms. The lowest BCUT2D eigenvalue weighted by Crippen LogP contribution is -2.10. The van der Waals surface area contributed by atoms with Gasteiger partial charge in [0.2, 0.25) is 0 Å². The zero-order valence-electron chi connectivity index (χ0n) is 11.4. The van der Waals surface area contributed by atoms with Crippen molar-refractivity contribution in [2.45, 2.75) is 13.8 Å². The summed E-state index contributed by atoms with van der Waals surface area (Å²) in [4.78, 5) is 16.1. The normalized spacial score (nSPS) is 10.7. The molecule has 2 rings (SSSR count). The molecular weight excluding hydrogens is 327 g/mol. The van der Waals surface area contributed by atoms with Crippen LogP contribution in [0.5, 0.6) is 0 Å². The number of fused-ring (bicyclic) bond motifs is 1. The van der Waals surface area contributed by atoms with E-state index in [1.807, 2.05) is 6.92 Å². The fourth-order valence-corrected chi connectivity index (χ4v) is 2.63. The Morgan fingerprint density at radius 3 is 2.85 bits per heavy atom. The molecule has 1 aromatic heterocycles. The minimum atomic E-state index is -0.525. The predicted octanol–water partition coefficient (Wildman–Crippen LogP) is 3.66. The van der Waals surface area contributed by atoms with Gasteiger partial charge in [-0.25, -0.2) is 9.18 Å². The predicted molar refractivity (Wildman–Crippen MR) is 79.6 cm³/mol. The Morgan fingerprint density at radius 1 is 1.55 bits per heavy atom. The molecule has 0 radical (unpaired) electrons. The van der Waals surface area contributed by atoms with Crippen LogP contribution in [0.4, 0.5) is 10.1 Å². The number of rotatable bonds is 3. The third-order valence-electron chi connectivity index (χ3n) is 2.97. The molecule has 0 spiro atoms. The van der Waals surface area contributed by atoms with E-state index in [4.69, 9.17) is 4.74 Å². The number of hydrogen-bond acceptors (Lipinski definition) is 4. The van der Waals surface area contributed by atoms with Gasteiger partial charge in [0.15, 0.2) is 0 Å². The molecule has 0 amide bonds. The highest BCUT2D eigenvalue weighted by atomic mass is 79.9. The highest BCUT2D eigenvalue weighted by Gasteiger charge is 2.20. The van der Waals surface area contributed by atoms with Crippen LogP contribution in [0.3, 0.4) is 0 Å². The number of halogens is 2. The molecule has 0 aliphatic heterocycles. The van der Waals surface area contributed by atoms with Crippen molar-refractivity contribution in [1.29, 1.82) is 0 Å². The third kappa shape index (κ3) is 2.35. The van der Waals surface area contributed by atoms with Crippen LogP contribution in [0.1, 0.15) is 22.8 Å². The number of anilines is 1. The van der Waals surface area contributed by atoms with Gasteiger partial charge >= 0.3 is 5.97 Å². The zero-order chi connectivity index (χ0) is 14.9. The van der Waals surface area contributed by atoms with E-state index in [1.165, 1.54) is 6.20 Å². The van der Waals surface area contributed by atoms with E-state index in [0.717, 1.165) is 5.56 Å². The van der Waals surface area contributed by atoms with Crippen molar-refractivity contribution in [3.8, 4) is 0 Å². The first-order chi connectivity index (χ1) is 9.51. The second-order valence-electron chi connectivity index (χ2n) is 4.23. The number of carbonyl (C=O) groups excluding carboxylic acids is 1. The highest BCUT2D eigenvalue weighted by Crippen LogP contribution is 2.34. The van der Waals surface area contributed by atoms with E-state index in [-0.39, 0.29) is 17.6 Å². The van der Waals surface area contributed by atoms with Gasteiger partial charge in [-0.2, -0.15) is 0 Å². The Bertz CT molecular complexity index is 689. The number of nitrogens with zero attached hydrogens (tertiary/aromatic N) is 1. The summed E-state index contributed by atoms with van der Waals surface area (Å²) in [6.45, 7) is 3.80. The summed E-state index contributed by atoms with van der Waals surface area (Å²) in [5.74, 6) is -0.975. The van der Waals surface area contributed by atoms with Crippen molar-refractivity contribution in [3.63, 3.8) is 0 Å². The standard InChI is InChI=1S/C14H14BrFN2O2/c1-4-20-14(19)8-6-18-12-7(2)5-9(15)11(16)10(12)13(8)17-3/h5-6H,4H2,1-3H3,(H,17,18). The molecule has 106 valence electrons. The first-order valence-electron chi connectivity index (χ1n) is 6.13. The number of esters is 1. The third-order valence-corrected chi connectivity index (χ3v) is 3.55. The summed E-state index contributed by atoms with van der Waals surface area (Å²) in [6, 6.07) is 1.66. The molecule has 6 heteroatoms. The van der Waals surface area contributed by atoms with Crippen LogP contribution in [0.25, 0.3) is 10.9 Å². The number of ether oxygens (including phenoxy) is 1. The summed E-state index contributed by atoms with van der Waals surface area (Å²) < 4.78 is 19.7. The van der Waals surface area contributed by atoms with Crippen LogP contribution in [0.2, 0.25) is 0 Å². The molecule has 0 unspecified atom stereocenters. The molecule has 0 fully saturated rings. The van der Waals surface area contributed by atoms with Crippen LogP contribution in [-0.2, 0) is 4.74 Å². The molecule has 1 N–H and O–H groups in total. The van der Waals surface area contributed by atoms with Gasteiger partial charge in [0.1, 0.15) is 11.4 Å². The summed E-state index contributed by atoms with van der Waals surface area (Å²) >= 11 is 3.18. The van der Waals surface area contributed by atoms with Gasteiger partial charge in [-0.05, 0) is 41.4 Å². The molecule has 2 aromatic rings. The number of benzene rings is 1. The summed E-state index contributed by atoms with van der Waals surface area (Å²) in [5.41, 5.74) is 1.94. The minimum Gasteiger partial charge on any atom is -0.462 e. The first-order valence-corrected chi connectivity index (χ1v) is 6.92. The summed E-state index contributed by atoms with van der Waals surface area (Å²) in [6.07, 6.45) is 1.41. The maximum Gasteiger partial charge on any atom is 0.341 e. The van der Waals surface area contributed by atoms with Crippen molar-refractivity contribution in [3.05, 3.63) is 33.7 Å². The van der Waals surface area contributed by atoms with Crippen LogP contribution < -0.4 is 5.32 Å². The van der Waals surface area contributed by atoms with E-state index in [2.05, 4.69) is 26.2 Å². The molecule has 4 nitrogen and oxygen atoms in total. The van der Waals surface area contributed by atoms with Gasteiger partial charge in [-0.3, -0.25) is 4.98 Å². The van der Waals surface area contributed by atoms with Crippen LogP contribution >= 0.6 is 15.9 Å². The number of aryl methyl sites for hydroxylation is 1. The molecule has 0 saturated carbocycles. The van der Waals surface area contributed by atoms with Crippen molar-refractivity contribution in [2.24, 2.45) is 0 Å². The number of hydrogen-bond donors (Lipinski definition) is 1. The van der Waals surface area contributed by atoms with E-state index in [1.54, 1.807) is 20.0 Å². The molecular formula is C14H14BrFN2O2. The quantitative estimate of drug-likeness (QED) is 0.866. The Hall–Kier alpha value is -1.69. The lowest BCUT2D eigenvalue weighted by molar-refractivity contribution is 0.0527. The fraction of sp³-hybridized carbons (Fsp3) is 0.286. The Morgan fingerprint density at radius 2 is 2.25 bits per heavy atom. The fourth-order valence-electron chi connectivity index (χ4n) is 2.09.